The van der Waals surface area contributed by atoms with Crippen molar-refractivity contribution >= 4 is 12.0 Å². The molecule has 2 heteroatoms. The van der Waals surface area contributed by atoms with Gasteiger partial charge in [-0.2, -0.15) is 0 Å². The summed E-state index contributed by atoms with van der Waals surface area (Å²) in [5.41, 5.74) is 0. The van der Waals surface area contributed by atoms with Crippen molar-refractivity contribution in [1.29, 1.82) is 0 Å². The molecule has 0 amide bonds. The van der Waals surface area contributed by atoms with Gasteiger partial charge >= 0.3 is 0 Å². The second-order valence-electron chi connectivity index (χ2n) is 2.59. The molecule has 0 rings (SSSR count). The maximum absolute atomic E-state index is 10.9. The van der Waals surface area contributed by atoms with Gasteiger partial charge in [0.05, 0.1) is 6.21 Å². The summed E-state index contributed by atoms with van der Waals surface area (Å²) in [6.07, 6.45) is 2.44. The number of hydrogen-bond acceptors (Lipinski definition) is 2. The first kappa shape index (κ1) is 9.34. The molecule has 58 valence electrons. The highest BCUT2D eigenvalue weighted by molar-refractivity contribution is 6.28. The average Bonchev–Trinajstić information content (AvgIpc) is 1.88. The summed E-state index contributed by atoms with van der Waals surface area (Å²) < 4.78 is 0. The summed E-state index contributed by atoms with van der Waals surface area (Å²) in [6, 6.07) is 0. The fourth-order valence-corrected chi connectivity index (χ4v) is 0.433. The van der Waals surface area contributed by atoms with E-state index >= 15 is 0 Å². The quantitative estimate of drug-likeness (QED) is 0.548. The minimum atomic E-state index is 0.0839. The molecule has 0 aliphatic carbocycles. The van der Waals surface area contributed by atoms with Gasteiger partial charge in [-0.15, -0.1) is 0 Å². The first-order valence-corrected chi connectivity index (χ1v) is 3.72. The lowest BCUT2D eigenvalue weighted by molar-refractivity contribution is -0.115. The number of Topliss-reactive ketones (excluding diaryl/α,β-unsaturated/α-hetero) is 1. The van der Waals surface area contributed by atoms with Crippen LogP contribution in [-0.2, 0) is 4.79 Å². The van der Waals surface area contributed by atoms with Gasteiger partial charge < -0.3 is 0 Å². The lowest BCUT2D eigenvalue weighted by atomic mass is 10.1. The molecule has 0 bridgehead atoms. The van der Waals surface area contributed by atoms with Crippen LogP contribution in [0.25, 0.3) is 0 Å². The van der Waals surface area contributed by atoms with E-state index in [9.17, 15) is 4.79 Å². The summed E-state index contributed by atoms with van der Waals surface area (Å²) in [7, 11) is 0. The van der Waals surface area contributed by atoms with Gasteiger partial charge in [-0.1, -0.05) is 20.8 Å². The highest BCUT2D eigenvalue weighted by Gasteiger charge is 2.01. The van der Waals surface area contributed by atoms with Gasteiger partial charge in [-0.25, -0.2) is 0 Å². The van der Waals surface area contributed by atoms with Gasteiger partial charge in [-0.3, -0.25) is 9.79 Å². The SMILES string of the molecule is CCCN=CC(=O)C(C)C. The van der Waals surface area contributed by atoms with Gasteiger partial charge in [0.15, 0.2) is 5.78 Å². The van der Waals surface area contributed by atoms with E-state index < -0.39 is 0 Å². The number of rotatable bonds is 4. The molecule has 0 heterocycles. The molecule has 0 saturated heterocycles. The Balaban J connectivity index is 3.56. The van der Waals surface area contributed by atoms with E-state index in [0.29, 0.717) is 0 Å². The maximum atomic E-state index is 10.9. The van der Waals surface area contributed by atoms with E-state index in [4.69, 9.17) is 0 Å². The van der Waals surface area contributed by atoms with Crippen molar-refractivity contribution in [1.82, 2.24) is 0 Å². The van der Waals surface area contributed by atoms with E-state index in [-0.39, 0.29) is 11.7 Å². The van der Waals surface area contributed by atoms with Gasteiger partial charge in [-0.05, 0) is 6.42 Å². The van der Waals surface area contributed by atoms with Crippen molar-refractivity contribution in [3.8, 4) is 0 Å². The molecule has 0 aromatic heterocycles. The zero-order valence-electron chi connectivity index (χ0n) is 6.92. The molecule has 0 fully saturated rings. The largest absolute Gasteiger partial charge is 0.293 e. The fraction of sp³-hybridized carbons (Fsp3) is 0.750. The Kier molecular flexibility index (Phi) is 4.81. The Hall–Kier alpha value is -0.660. The van der Waals surface area contributed by atoms with Gasteiger partial charge in [0, 0.05) is 12.5 Å². The van der Waals surface area contributed by atoms with E-state index in [1.807, 2.05) is 20.8 Å². The zero-order valence-corrected chi connectivity index (χ0v) is 6.92. The van der Waals surface area contributed by atoms with Crippen molar-refractivity contribution in [3.05, 3.63) is 0 Å². The topological polar surface area (TPSA) is 29.4 Å². The van der Waals surface area contributed by atoms with Crippen LogP contribution in [0.4, 0.5) is 0 Å². The number of aliphatic imine (C=N–C) groups is 1. The normalized spacial score (nSPS) is 11.2. The van der Waals surface area contributed by atoms with Crippen molar-refractivity contribution < 1.29 is 4.79 Å². The molecule has 0 atom stereocenters. The highest BCUT2D eigenvalue weighted by Crippen LogP contribution is 1.90. The maximum Gasteiger partial charge on any atom is 0.175 e. The summed E-state index contributed by atoms with van der Waals surface area (Å²) in [6.45, 7) is 6.55. The summed E-state index contributed by atoms with van der Waals surface area (Å²) in [5.74, 6) is 0.203. The van der Waals surface area contributed by atoms with E-state index in [2.05, 4.69) is 4.99 Å². The number of ketones is 1. The number of nitrogens with zero attached hydrogens (tertiary/aromatic N) is 1. The lowest BCUT2D eigenvalue weighted by Gasteiger charge is -1.94. The Morgan fingerprint density at radius 3 is 2.60 bits per heavy atom. The predicted octanol–water partition coefficient (Wildman–Crippen LogP) is 1.69. The van der Waals surface area contributed by atoms with Crippen LogP contribution in [0.3, 0.4) is 0 Å². The van der Waals surface area contributed by atoms with Crippen LogP contribution < -0.4 is 0 Å². The smallest absolute Gasteiger partial charge is 0.175 e. The number of carbonyl (C=O) groups excluding carboxylic acids is 1. The molecule has 0 radical (unpaired) electrons. The number of hydrogen-bond donors (Lipinski definition) is 0. The van der Waals surface area contributed by atoms with Gasteiger partial charge in [0.25, 0.3) is 0 Å². The minimum absolute atomic E-state index is 0.0839. The molecule has 2 nitrogen and oxygen atoms in total. The Bertz CT molecular complexity index is 127. The van der Waals surface area contributed by atoms with Crippen LogP contribution in [0.2, 0.25) is 0 Å². The molecular formula is C8H15NO. The van der Waals surface area contributed by atoms with E-state index in [0.717, 1.165) is 13.0 Å². The second kappa shape index (κ2) is 5.15. The first-order chi connectivity index (χ1) is 4.68. The monoisotopic (exact) mass is 141 g/mol. The average molecular weight is 141 g/mol. The third-order valence-corrected chi connectivity index (χ3v) is 1.14. The first-order valence-electron chi connectivity index (χ1n) is 3.72. The van der Waals surface area contributed by atoms with Crippen molar-refractivity contribution in [2.45, 2.75) is 27.2 Å². The Morgan fingerprint density at radius 1 is 1.60 bits per heavy atom. The number of carbonyl (C=O) groups is 1. The zero-order chi connectivity index (χ0) is 7.98. The highest BCUT2D eigenvalue weighted by atomic mass is 16.1. The van der Waals surface area contributed by atoms with Crippen LogP contribution in [-0.4, -0.2) is 18.5 Å². The van der Waals surface area contributed by atoms with Crippen molar-refractivity contribution in [3.63, 3.8) is 0 Å². The van der Waals surface area contributed by atoms with E-state index in [1.54, 1.807) is 0 Å². The second-order valence-corrected chi connectivity index (χ2v) is 2.59. The summed E-state index contributed by atoms with van der Waals surface area (Å²) >= 11 is 0. The Labute approximate surface area is 62.4 Å². The van der Waals surface area contributed by atoms with Crippen LogP contribution >= 0.6 is 0 Å². The molecule has 0 aliphatic heterocycles. The summed E-state index contributed by atoms with van der Waals surface area (Å²) in [4.78, 5) is 14.8. The van der Waals surface area contributed by atoms with Crippen molar-refractivity contribution in [2.24, 2.45) is 10.9 Å². The molecule has 10 heavy (non-hydrogen) atoms. The predicted molar refractivity (Wildman–Crippen MR) is 43.5 cm³/mol. The van der Waals surface area contributed by atoms with Crippen molar-refractivity contribution in [2.75, 3.05) is 6.54 Å². The third kappa shape index (κ3) is 4.24. The standard InChI is InChI=1S/C8H15NO/c1-4-5-9-6-8(10)7(2)3/h6-7H,4-5H2,1-3H3. The molecule has 0 saturated carbocycles. The van der Waals surface area contributed by atoms with Crippen LogP contribution in [0, 0.1) is 5.92 Å². The molecule has 0 spiro atoms. The van der Waals surface area contributed by atoms with E-state index in [1.165, 1.54) is 6.21 Å². The molecule has 0 aliphatic rings. The Morgan fingerprint density at radius 2 is 2.20 bits per heavy atom. The summed E-state index contributed by atoms with van der Waals surface area (Å²) in [5, 5.41) is 0. The van der Waals surface area contributed by atoms with Gasteiger partial charge in [0.2, 0.25) is 0 Å². The molecule has 0 unspecified atom stereocenters. The lowest BCUT2D eigenvalue weighted by Crippen LogP contribution is -2.07. The van der Waals surface area contributed by atoms with Crippen LogP contribution in [0.5, 0.6) is 0 Å². The fourth-order valence-electron chi connectivity index (χ4n) is 0.433. The minimum Gasteiger partial charge on any atom is -0.293 e. The molecular weight excluding hydrogens is 126 g/mol. The van der Waals surface area contributed by atoms with Gasteiger partial charge in [0.1, 0.15) is 0 Å². The third-order valence-electron chi connectivity index (χ3n) is 1.14. The molecule has 0 aromatic rings. The van der Waals surface area contributed by atoms with Crippen LogP contribution in [0.15, 0.2) is 4.99 Å². The van der Waals surface area contributed by atoms with Crippen LogP contribution in [0.1, 0.15) is 27.2 Å². The molecule has 0 aromatic carbocycles. The molecule has 0 N–H and O–H groups in total.